The van der Waals surface area contributed by atoms with Crippen molar-refractivity contribution in [2.24, 2.45) is 11.8 Å². The molecule has 0 bridgehead atoms. The molecule has 0 spiro atoms. The molecule has 36 heavy (non-hydrogen) atoms. The number of benzene rings is 2. The highest BCUT2D eigenvalue weighted by atomic mass is 35.5. The van der Waals surface area contributed by atoms with Gasteiger partial charge in [0.25, 0.3) is 5.56 Å². The molecule has 1 N–H and O–H groups in total. The van der Waals surface area contributed by atoms with Crippen LogP contribution in [-0.2, 0) is 24.1 Å². The smallest absolute Gasteiger partial charge is 0.417 e. The van der Waals surface area contributed by atoms with Gasteiger partial charge in [0, 0.05) is 6.54 Å². The Morgan fingerprint density at radius 2 is 1.75 bits per heavy atom. The molecular weight excluding hydrogens is 499 g/mol. The van der Waals surface area contributed by atoms with Gasteiger partial charge in [0.2, 0.25) is 0 Å². The van der Waals surface area contributed by atoms with Gasteiger partial charge < -0.3 is 5.11 Å². The van der Waals surface area contributed by atoms with E-state index in [9.17, 15) is 37.9 Å². The molecule has 0 amide bonds. The lowest BCUT2D eigenvalue weighted by atomic mass is 9.82. The Morgan fingerprint density at radius 1 is 1.08 bits per heavy atom. The average molecular weight is 520 g/mol. The summed E-state index contributed by atoms with van der Waals surface area (Å²) in [7, 11) is 0. The largest absolute Gasteiger partial charge is 0.481 e. The predicted molar refractivity (Wildman–Crippen MR) is 126 cm³/mol. The van der Waals surface area contributed by atoms with Gasteiger partial charge >= 0.3 is 17.8 Å². The molecule has 0 atom stereocenters. The number of carbonyl (C=O) groups is 1. The van der Waals surface area contributed by atoms with E-state index < -0.39 is 40.4 Å². The fourth-order valence-corrected chi connectivity index (χ4v) is 5.10. The van der Waals surface area contributed by atoms with Crippen LogP contribution in [0, 0.1) is 23.2 Å². The molecule has 0 unspecified atom stereocenters. The van der Waals surface area contributed by atoms with Gasteiger partial charge in [-0.2, -0.15) is 18.4 Å². The molecule has 1 aliphatic carbocycles. The fraction of sp³-hybridized carbons (Fsp3) is 0.360. The van der Waals surface area contributed by atoms with Crippen LogP contribution in [0.25, 0.3) is 10.9 Å². The lowest BCUT2D eigenvalue weighted by Gasteiger charge is -2.26. The number of carboxylic acids is 1. The molecule has 1 fully saturated rings. The lowest BCUT2D eigenvalue weighted by molar-refractivity contribution is -0.143. The summed E-state index contributed by atoms with van der Waals surface area (Å²) in [5.41, 5.74) is -2.95. The first-order valence-corrected chi connectivity index (χ1v) is 11.6. The Kier molecular flexibility index (Phi) is 6.96. The molecule has 1 aliphatic rings. The minimum atomic E-state index is -4.76. The van der Waals surface area contributed by atoms with Crippen LogP contribution in [0.2, 0.25) is 5.02 Å². The van der Waals surface area contributed by atoms with Gasteiger partial charge in [0.15, 0.2) is 0 Å². The van der Waals surface area contributed by atoms with Crippen molar-refractivity contribution in [3.8, 4) is 6.07 Å². The number of hydrogen-bond acceptors (Lipinski definition) is 4. The van der Waals surface area contributed by atoms with Crippen LogP contribution in [0.15, 0.2) is 46.0 Å². The van der Waals surface area contributed by atoms with Crippen LogP contribution in [0.4, 0.5) is 13.2 Å². The van der Waals surface area contributed by atoms with E-state index in [1.807, 2.05) is 0 Å². The van der Waals surface area contributed by atoms with Crippen molar-refractivity contribution in [2.45, 2.75) is 44.9 Å². The minimum Gasteiger partial charge on any atom is -0.481 e. The lowest BCUT2D eigenvalue weighted by Crippen LogP contribution is -2.42. The molecule has 188 valence electrons. The Balaban J connectivity index is 1.83. The highest BCUT2D eigenvalue weighted by molar-refractivity contribution is 6.35. The molecule has 0 saturated heterocycles. The van der Waals surface area contributed by atoms with Crippen molar-refractivity contribution in [3.05, 3.63) is 78.9 Å². The Bertz CT molecular complexity index is 1500. The van der Waals surface area contributed by atoms with Gasteiger partial charge in [-0.25, -0.2) is 4.79 Å². The average Bonchev–Trinajstić information content (AvgIpc) is 2.83. The first kappa shape index (κ1) is 25.5. The number of rotatable bonds is 5. The van der Waals surface area contributed by atoms with Crippen molar-refractivity contribution in [1.29, 1.82) is 5.26 Å². The standard InChI is InChI=1S/C25H21ClF3N3O4/c26-19-5-2-6-20-21(19)22(33)32(12-14-7-9-15(10-8-14)23(34)35)24(36)31(20)13-16-3-1-4-18(17(16)11-30)25(27,28)29/h1-6,14-15H,7-10,12-13H2,(H,34,35). The summed E-state index contributed by atoms with van der Waals surface area (Å²) in [6.07, 6.45) is -2.89. The molecule has 1 heterocycles. The molecule has 3 aromatic rings. The second kappa shape index (κ2) is 9.82. The molecule has 0 radical (unpaired) electrons. The maximum atomic E-state index is 13.5. The summed E-state index contributed by atoms with van der Waals surface area (Å²) < 4.78 is 42.6. The quantitative estimate of drug-likeness (QED) is 0.528. The monoisotopic (exact) mass is 519 g/mol. The number of aliphatic carboxylic acids is 1. The van der Waals surface area contributed by atoms with Crippen LogP contribution < -0.4 is 11.2 Å². The number of aromatic nitrogens is 2. The molecule has 11 heteroatoms. The van der Waals surface area contributed by atoms with Gasteiger partial charge in [0.05, 0.1) is 39.5 Å². The highest BCUT2D eigenvalue weighted by Gasteiger charge is 2.34. The zero-order valence-electron chi connectivity index (χ0n) is 18.9. The third-order valence-electron chi connectivity index (χ3n) is 6.74. The van der Waals surface area contributed by atoms with E-state index in [0.717, 1.165) is 21.3 Å². The third-order valence-corrected chi connectivity index (χ3v) is 7.05. The summed E-state index contributed by atoms with van der Waals surface area (Å²) in [5.74, 6) is -1.46. The first-order chi connectivity index (χ1) is 17.0. The van der Waals surface area contributed by atoms with E-state index in [0.29, 0.717) is 25.7 Å². The van der Waals surface area contributed by atoms with Crippen molar-refractivity contribution in [3.63, 3.8) is 0 Å². The minimum absolute atomic E-state index is 0.0251. The van der Waals surface area contributed by atoms with E-state index in [1.165, 1.54) is 24.3 Å². The zero-order valence-corrected chi connectivity index (χ0v) is 19.6. The Labute approximate surface area is 208 Å². The Morgan fingerprint density at radius 3 is 2.36 bits per heavy atom. The van der Waals surface area contributed by atoms with E-state index in [2.05, 4.69) is 0 Å². The number of fused-ring (bicyclic) bond motifs is 1. The number of carboxylic acid groups (broad SMARTS) is 1. The summed E-state index contributed by atoms with van der Waals surface area (Å²) in [4.78, 5) is 38.1. The number of halogens is 4. The maximum Gasteiger partial charge on any atom is 0.417 e. The normalized spacial score (nSPS) is 18.2. The van der Waals surface area contributed by atoms with Gasteiger partial charge in [-0.3, -0.25) is 18.7 Å². The zero-order chi connectivity index (χ0) is 26.2. The van der Waals surface area contributed by atoms with Gasteiger partial charge in [-0.1, -0.05) is 29.8 Å². The third kappa shape index (κ3) is 4.75. The SMILES string of the molecule is N#Cc1c(Cn2c(=O)n(CC3CCC(C(=O)O)CC3)c(=O)c3c(Cl)cccc32)cccc1C(F)(F)F. The van der Waals surface area contributed by atoms with Crippen LogP contribution in [0.5, 0.6) is 0 Å². The summed E-state index contributed by atoms with van der Waals surface area (Å²) in [6.45, 7) is -0.354. The number of alkyl halides is 3. The van der Waals surface area contributed by atoms with Crippen LogP contribution >= 0.6 is 11.6 Å². The fourth-order valence-electron chi connectivity index (χ4n) is 4.85. The highest BCUT2D eigenvalue weighted by Crippen LogP contribution is 2.34. The predicted octanol–water partition coefficient (Wildman–Crippen LogP) is 4.65. The number of hydrogen-bond donors (Lipinski definition) is 1. The molecule has 7 nitrogen and oxygen atoms in total. The van der Waals surface area contributed by atoms with Crippen molar-refractivity contribution >= 4 is 28.5 Å². The van der Waals surface area contributed by atoms with Crippen LogP contribution in [-0.4, -0.2) is 20.2 Å². The maximum absolute atomic E-state index is 13.5. The van der Waals surface area contributed by atoms with E-state index in [1.54, 1.807) is 6.07 Å². The van der Waals surface area contributed by atoms with Gasteiger partial charge in [0.1, 0.15) is 6.07 Å². The molecule has 4 rings (SSSR count). The van der Waals surface area contributed by atoms with Crippen LogP contribution in [0.1, 0.15) is 42.4 Å². The molecule has 1 aromatic heterocycles. The summed E-state index contributed by atoms with van der Waals surface area (Å²) in [6, 6.07) is 9.37. The van der Waals surface area contributed by atoms with Crippen molar-refractivity contribution in [2.75, 3.05) is 0 Å². The molecule has 1 saturated carbocycles. The topological polar surface area (TPSA) is 105 Å². The second-order valence-electron chi connectivity index (χ2n) is 8.92. The van der Waals surface area contributed by atoms with Crippen LogP contribution in [0.3, 0.4) is 0 Å². The molecular formula is C25H21ClF3N3O4. The van der Waals surface area contributed by atoms with Gasteiger partial charge in [-0.05, 0) is 55.4 Å². The van der Waals surface area contributed by atoms with E-state index in [4.69, 9.17) is 11.6 Å². The molecule has 0 aliphatic heterocycles. The number of nitrogens with zero attached hydrogens (tertiary/aromatic N) is 3. The Hall–Kier alpha value is -3.58. The summed E-state index contributed by atoms with van der Waals surface area (Å²) in [5, 5.41) is 18.8. The van der Waals surface area contributed by atoms with Gasteiger partial charge in [-0.15, -0.1) is 0 Å². The first-order valence-electron chi connectivity index (χ1n) is 11.3. The molecule has 2 aromatic carbocycles. The van der Waals surface area contributed by atoms with E-state index >= 15 is 0 Å². The van der Waals surface area contributed by atoms with E-state index in [-0.39, 0.29) is 40.5 Å². The second-order valence-corrected chi connectivity index (χ2v) is 9.33. The van der Waals surface area contributed by atoms with Crippen molar-refractivity contribution in [1.82, 2.24) is 9.13 Å². The summed E-state index contributed by atoms with van der Waals surface area (Å²) >= 11 is 6.31. The van der Waals surface area contributed by atoms with Crippen molar-refractivity contribution < 1.29 is 23.1 Å². The number of nitriles is 1.